The number of nitrogens with zero attached hydrogens (tertiary/aromatic N) is 4. The summed E-state index contributed by atoms with van der Waals surface area (Å²) >= 11 is 5.88. The Morgan fingerprint density at radius 3 is 2.90 bits per heavy atom. The van der Waals surface area contributed by atoms with E-state index in [1.165, 1.54) is 10.9 Å². The van der Waals surface area contributed by atoms with E-state index in [9.17, 15) is 4.79 Å². The summed E-state index contributed by atoms with van der Waals surface area (Å²) in [6.45, 7) is 0.229. The van der Waals surface area contributed by atoms with Gasteiger partial charge >= 0.3 is 0 Å². The summed E-state index contributed by atoms with van der Waals surface area (Å²) in [5.74, 6) is -0.384. The van der Waals surface area contributed by atoms with Crippen LogP contribution in [0.25, 0.3) is 10.9 Å². The molecule has 1 heterocycles. The maximum Gasteiger partial charge on any atom is 0.261 e. The predicted molar refractivity (Wildman–Crippen MR) is 75.0 cm³/mol. The summed E-state index contributed by atoms with van der Waals surface area (Å²) in [7, 11) is 0. The molecule has 100 valence electrons. The van der Waals surface area contributed by atoms with E-state index in [4.69, 9.17) is 22.1 Å². The Morgan fingerprint density at radius 1 is 1.40 bits per heavy atom. The Hall–Kier alpha value is -2.37. The van der Waals surface area contributed by atoms with E-state index in [1.54, 1.807) is 18.2 Å². The Morgan fingerprint density at radius 2 is 2.20 bits per heavy atom. The molecule has 2 rings (SSSR count). The minimum atomic E-state index is -0.384. The Balaban J connectivity index is 2.36. The topological polar surface area (TPSA) is 82.5 Å². The molecule has 0 radical (unpaired) electrons. The second-order valence-electron chi connectivity index (χ2n) is 4.39. The van der Waals surface area contributed by atoms with Gasteiger partial charge in [0, 0.05) is 18.0 Å². The van der Waals surface area contributed by atoms with Crippen molar-refractivity contribution in [2.75, 3.05) is 0 Å². The van der Waals surface area contributed by atoms with Crippen LogP contribution in [0.4, 0.5) is 0 Å². The van der Waals surface area contributed by atoms with Crippen LogP contribution in [0.2, 0.25) is 5.02 Å². The van der Waals surface area contributed by atoms with Crippen molar-refractivity contribution in [2.45, 2.75) is 19.4 Å². The SMILES string of the molecule is N#CCCC(C#N)Cn1cnc2ccc(Cl)cc2c1=O. The molecule has 6 heteroatoms. The third-order valence-corrected chi connectivity index (χ3v) is 3.23. The molecule has 20 heavy (non-hydrogen) atoms. The van der Waals surface area contributed by atoms with Crippen molar-refractivity contribution in [3.8, 4) is 12.1 Å². The van der Waals surface area contributed by atoms with Crippen molar-refractivity contribution in [3.05, 3.63) is 39.9 Å². The van der Waals surface area contributed by atoms with Gasteiger partial charge in [-0.25, -0.2) is 4.98 Å². The second kappa shape index (κ2) is 6.18. The standard InChI is InChI=1S/C14H11ClN4O/c15-11-3-4-13-12(6-11)14(20)19(9-18-13)8-10(7-17)2-1-5-16/h3-4,6,9-10H,1-2,8H2. The van der Waals surface area contributed by atoms with E-state index in [2.05, 4.69) is 11.1 Å². The van der Waals surface area contributed by atoms with Gasteiger partial charge in [-0.2, -0.15) is 10.5 Å². The normalized spacial score (nSPS) is 11.8. The molecular formula is C14H11ClN4O. The molecule has 0 amide bonds. The third kappa shape index (κ3) is 2.96. The number of nitriles is 2. The van der Waals surface area contributed by atoms with Crippen LogP contribution in [0.15, 0.2) is 29.3 Å². The molecule has 1 aromatic carbocycles. The van der Waals surface area contributed by atoms with Crippen molar-refractivity contribution < 1.29 is 0 Å². The van der Waals surface area contributed by atoms with Crippen LogP contribution < -0.4 is 5.56 Å². The number of fused-ring (bicyclic) bond motifs is 1. The quantitative estimate of drug-likeness (QED) is 0.864. The first-order valence-corrected chi connectivity index (χ1v) is 6.44. The van der Waals surface area contributed by atoms with Crippen molar-refractivity contribution in [3.63, 3.8) is 0 Å². The summed E-state index contributed by atoms with van der Waals surface area (Å²) in [5.41, 5.74) is 0.343. The molecule has 0 fully saturated rings. The fraction of sp³-hybridized carbons (Fsp3) is 0.286. The smallest absolute Gasteiger partial charge is 0.261 e. The van der Waals surface area contributed by atoms with Crippen LogP contribution in [0.3, 0.4) is 0 Å². The third-order valence-electron chi connectivity index (χ3n) is 2.99. The number of benzene rings is 1. The van der Waals surface area contributed by atoms with Gasteiger partial charge in [0.15, 0.2) is 0 Å². The maximum absolute atomic E-state index is 12.3. The molecule has 5 nitrogen and oxygen atoms in total. The second-order valence-corrected chi connectivity index (χ2v) is 4.82. The highest BCUT2D eigenvalue weighted by molar-refractivity contribution is 6.31. The number of hydrogen-bond acceptors (Lipinski definition) is 4. The minimum Gasteiger partial charge on any atom is -0.297 e. The molecule has 1 atom stereocenters. The number of halogens is 1. The zero-order chi connectivity index (χ0) is 14.5. The molecule has 1 unspecified atom stereocenters. The van der Waals surface area contributed by atoms with Crippen molar-refractivity contribution in [2.24, 2.45) is 5.92 Å². The number of hydrogen-bond donors (Lipinski definition) is 0. The molecule has 0 aliphatic rings. The summed E-state index contributed by atoms with van der Waals surface area (Å²) < 4.78 is 1.39. The van der Waals surface area contributed by atoms with Crippen LogP contribution in [-0.2, 0) is 6.54 Å². The molecule has 2 aromatic rings. The van der Waals surface area contributed by atoms with E-state index in [-0.39, 0.29) is 18.0 Å². The fourth-order valence-corrected chi connectivity index (χ4v) is 2.11. The lowest BCUT2D eigenvalue weighted by Crippen LogP contribution is -2.24. The van der Waals surface area contributed by atoms with Crippen LogP contribution in [0.1, 0.15) is 12.8 Å². The van der Waals surface area contributed by atoms with Gasteiger partial charge in [-0.3, -0.25) is 9.36 Å². The van der Waals surface area contributed by atoms with Crippen molar-refractivity contribution >= 4 is 22.5 Å². The lowest BCUT2D eigenvalue weighted by Gasteiger charge is -2.10. The van der Waals surface area contributed by atoms with Crippen LogP contribution in [-0.4, -0.2) is 9.55 Å². The first-order valence-electron chi connectivity index (χ1n) is 6.07. The molecule has 0 aliphatic carbocycles. The molecule has 0 saturated heterocycles. The average molecular weight is 287 g/mol. The van der Waals surface area contributed by atoms with Gasteiger partial charge in [0.1, 0.15) is 0 Å². The van der Waals surface area contributed by atoms with E-state index in [0.29, 0.717) is 28.8 Å². The fourth-order valence-electron chi connectivity index (χ4n) is 1.93. The number of rotatable bonds is 4. The highest BCUT2D eigenvalue weighted by Crippen LogP contribution is 2.14. The zero-order valence-corrected chi connectivity index (χ0v) is 11.3. The highest BCUT2D eigenvalue weighted by Gasteiger charge is 2.11. The maximum atomic E-state index is 12.3. The molecular weight excluding hydrogens is 276 g/mol. The first-order chi connectivity index (χ1) is 9.65. The van der Waals surface area contributed by atoms with Gasteiger partial charge in [0.2, 0.25) is 0 Å². The van der Waals surface area contributed by atoms with Gasteiger partial charge in [-0.1, -0.05) is 11.6 Å². The summed E-state index contributed by atoms with van der Waals surface area (Å²) in [6.07, 6.45) is 2.15. The molecule has 1 aromatic heterocycles. The van der Waals surface area contributed by atoms with E-state index in [1.807, 2.05) is 6.07 Å². The van der Waals surface area contributed by atoms with Crippen LogP contribution in [0, 0.1) is 28.6 Å². The summed E-state index contributed by atoms with van der Waals surface area (Å²) in [4.78, 5) is 16.5. The summed E-state index contributed by atoms with van der Waals surface area (Å²) in [6, 6.07) is 9.03. The lowest BCUT2D eigenvalue weighted by molar-refractivity contribution is 0.498. The Kier molecular flexibility index (Phi) is 4.34. The number of aromatic nitrogens is 2. The zero-order valence-electron chi connectivity index (χ0n) is 10.6. The van der Waals surface area contributed by atoms with Gasteiger partial charge < -0.3 is 0 Å². The molecule has 0 spiro atoms. The summed E-state index contributed by atoms with van der Waals surface area (Å²) in [5, 5.41) is 18.5. The monoisotopic (exact) mass is 286 g/mol. The van der Waals surface area contributed by atoms with E-state index in [0.717, 1.165) is 0 Å². The Bertz CT molecular complexity index is 769. The van der Waals surface area contributed by atoms with E-state index >= 15 is 0 Å². The molecule has 0 bridgehead atoms. The van der Waals surface area contributed by atoms with Gasteiger partial charge in [-0.05, 0) is 24.6 Å². The lowest BCUT2D eigenvalue weighted by atomic mass is 10.1. The predicted octanol–water partition coefficient (Wildman–Crippen LogP) is 2.49. The van der Waals surface area contributed by atoms with Gasteiger partial charge in [0.25, 0.3) is 5.56 Å². The van der Waals surface area contributed by atoms with Crippen LogP contribution >= 0.6 is 11.6 Å². The largest absolute Gasteiger partial charge is 0.297 e. The van der Waals surface area contributed by atoms with Crippen molar-refractivity contribution in [1.29, 1.82) is 10.5 Å². The molecule has 0 aliphatic heterocycles. The van der Waals surface area contributed by atoms with Crippen LogP contribution in [0.5, 0.6) is 0 Å². The first kappa shape index (κ1) is 14.0. The molecule has 0 saturated carbocycles. The van der Waals surface area contributed by atoms with Gasteiger partial charge in [0.05, 0.1) is 35.3 Å². The Labute approximate surface area is 120 Å². The molecule has 0 N–H and O–H groups in total. The highest BCUT2D eigenvalue weighted by atomic mass is 35.5. The van der Waals surface area contributed by atoms with Gasteiger partial charge in [-0.15, -0.1) is 0 Å². The van der Waals surface area contributed by atoms with E-state index < -0.39 is 0 Å². The van der Waals surface area contributed by atoms with Crippen molar-refractivity contribution in [1.82, 2.24) is 9.55 Å². The minimum absolute atomic E-state index is 0.227. The average Bonchev–Trinajstić information content (AvgIpc) is 2.46.